The predicted molar refractivity (Wildman–Crippen MR) is 101 cm³/mol. The molecule has 26 heavy (non-hydrogen) atoms. The molecule has 0 radical (unpaired) electrons. The maximum atomic E-state index is 11.1. The standard InChI is InChI=1S/C21H24N4O/c1-15(18-13-24-25(16(18)2)20-9-5-6-12-22-20)23-14-21(26)11-10-17-7-3-4-8-19(17)21/h3-9,12-13,15,23,26H,10-11,14H2,1-2H3. The average Bonchev–Trinajstić information content (AvgIpc) is 3.22. The van der Waals surface area contributed by atoms with Crippen molar-refractivity contribution >= 4 is 0 Å². The Morgan fingerprint density at radius 3 is 2.85 bits per heavy atom. The monoisotopic (exact) mass is 348 g/mol. The van der Waals surface area contributed by atoms with Gasteiger partial charge >= 0.3 is 0 Å². The fourth-order valence-corrected chi connectivity index (χ4v) is 3.84. The smallest absolute Gasteiger partial charge is 0.153 e. The van der Waals surface area contributed by atoms with E-state index in [1.807, 2.05) is 47.3 Å². The lowest BCUT2D eigenvalue weighted by atomic mass is 9.95. The molecule has 2 atom stereocenters. The van der Waals surface area contributed by atoms with E-state index in [1.54, 1.807) is 6.20 Å². The van der Waals surface area contributed by atoms with Gasteiger partial charge in [0.2, 0.25) is 0 Å². The van der Waals surface area contributed by atoms with Crippen molar-refractivity contribution in [2.75, 3.05) is 6.54 Å². The summed E-state index contributed by atoms with van der Waals surface area (Å²) in [5, 5.41) is 19.1. The highest BCUT2D eigenvalue weighted by molar-refractivity contribution is 5.37. The first-order valence-corrected chi connectivity index (χ1v) is 9.08. The first-order chi connectivity index (χ1) is 12.6. The summed E-state index contributed by atoms with van der Waals surface area (Å²) in [6.45, 7) is 4.69. The number of aromatic nitrogens is 3. The Kier molecular flexibility index (Phi) is 4.34. The number of pyridine rings is 1. The number of hydrogen-bond acceptors (Lipinski definition) is 4. The van der Waals surface area contributed by atoms with Crippen LogP contribution in [0.1, 0.15) is 41.8 Å². The summed E-state index contributed by atoms with van der Waals surface area (Å²) < 4.78 is 1.85. The zero-order valence-corrected chi connectivity index (χ0v) is 15.2. The number of fused-ring (bicyclic) bond motifs is 1. The zero-order valence-electron chi connectivity index (χ0n) is 15.2. The van der Waals surface area contributed by atoms with Crippen molar-refractivity contribution < 1.29 is 5.11 Å². The predicted octanol–water partition coefficient (Wildman–Crippen LogP) is 3.06. The highest BCUT2D eigenvalue weighted by Gasteiger charge is 2.36. The van der Waals surface area contributed by atoms with Crippen molar-refractivity contribution in [1.29, 1.82) is 0 Å². The van der Waals surface area contributed by atoms with Gasteiger partial charge in [-0.3, -0.25) is 0 Å². The van der Waals surface area contributed by atoms with Gasteiger partial charge in [-0.25, -0.2) is 9.67 Å². The third-order valence-electron chi connectivity index (χ3n) is 5.41. The van der Waals surface area contributed by atoms with Crippen molar-refractivity contribution in [1.82, 2.24) is 20.1 Å². The largest absolute Gasteiger partial charge is 0.384 e. The number of nitrogens with one attached hydrogen (secondary N) is 1. The van der Waals surface area contributed by atoms with Gasteiger partial charge in [-0.1, -0.05) is 30.3 Å². The van der Waals surface area contributed by atoms with E-state index in [9.17, 15) is 5.11 Å². The van der Waals surface area contributed by atoms with Gasteiger partial charge in [-0.05, 0) is 49.9 Å². The maximum Gasteiger partial charge on any atom is 0.153 e. The van der Waals surface area contributed by atoms with Crippen LogP contribution in [-0.4, -0.2) is 26.4 Å². The van der Waals surface area contributed by atoms with E-state index in [2.05, 4.69) is 35.3 Å². The number of rotatable bonds is 5. The maximum absolute atomic E-state index is 11.1. The van der Waals surface area contributed by atoms with E-state index >= 15 is 0 Å². The summed E-state index contributed by atoms with van der Waals surface area (Å²) in [6, 6.07) is 14.1. The molecule has 5 nitrogen and oxygen atoms in total. The molecule has 4 rings (SSSR count). The molecular formula is C21H24N4O. The summed E-state index contributed by atoms with van der Waals surface area (Å²) in [7, 11) is 0. The molecule has 2 aromatic heterocycles. The molecule has 3 aromatic rings. The SMILES string of the molecule is Cc1c(C(C)NCC2(O)CCc3ccccc32)cnn1-c1ccccn1. The van der Waals surface area contributed by atoms with Crippen LogP contribution >= 0.6 is 0 Å². The van der Waals surface area contributed by atoms with Crippen LogP contribution in [-0.2, 0) is 12.0 Å². The van der Waals surface area contributed by atoms with Crippen LogP contribution in [0.3, 0.4) is 0 Å². The van der Waals surface area contributed by atoms with Crippen LogP contribution in [0.2, 0.25) is 0 Å². The third-order valence-corrected chi connectivity index (χ3v) is 5.41. The Balaban J connectivity index is 1.50. The van der Waals surface area contributed by atoms with Gasteiger partial charge in [0.15, 0.2) is 5.82 Å². The van der Waals surface area contributed by atoms with Crippen molar-refractivity contribution in [2.45, 2.75) is 38.3 Å². The Morgan fingerprint density at radius 2 is 2.04 bits per heavy atom. The lowest BCUT2D eigenvalue weighted by Gasteiger charge is -2.26. The number of nitrogens with zero attached hydrogens (tertiary/aromatic N) is 3. The first kappa shape index (κ1) is 16.9. The zero-order chi connectivity index (χ0) is 18.1. The second kappa shape index (κ2) is 6.67. The molecule has 0 fully saturated rings. The molecule has 0 saturated carbocycles. The number of hydrogen-bond donors (Lipinski definition) is 2. The Labute approximate surface area is 153 Å². The second-order valence-electron chi connectivity index (χ2n) is 7.08. The van der Waals surface area contributed by atoms with Crippen molar-refractivity contribution in [3.63, 3.8) is 0 Å². The van der Waals surface area contributed by atoms with Crippen LogP contribution in [0.4, 0.5) is 0 Å². The fourth-order valence-electron chi connectivity index (χ4n) is 3.84. The normalized spacial score (nSPS) is 20.1. The van der Waals surface area contributed by atoms with Gasteiger partial charge in [0, 0.05) is 30.0 Å². The molecule has 1 aromatic carbocycles. The van der Waals surface area contributed by atoms with E-state index in [-0.39, 0.29) is 6.04 Å². The molecule has 0 bridgehead atoms. The highest BCUT2D eigenvalue weighted by Crippen LogP contribution is 2.36. The average molecular weight is 348 g/mol. The molecule has 1 aliphatic rings. The van der Waals surface area contributed by atoms with Gasteiger partial charge in [-0.2, -0.15) is 5.10 Å². The first-order valence-electron chi connectivity index (χ1n) is 9.08. The summed E-state index contributed by atoms with van der Waals surface area (Å²) in [5.74, 6) is 0.812. The second-order valence-corrected chi connectivity index (χ2v) is 7.08. The quantitative estimate of drug-likeness (QED) is 0.744. The van der Waals surface area contributed by atoms with Gasteiger partial charge in [0.25, 0.3) is 0 Å². The van der Waals surface area contributed by atoms with E-state index in [1.165, 1.54) is 5.56 Å². The molecule has 0 amide bonds. The van der Waals surface area contributed by atoms with E-state index in [0.717, 1.165) is 35.5 Å². The van der Waals surface area contributed by atoms with Crippen LogP contribution in [0, 0.1) is 6.92 Å². The number of benzene rings is 1. The molecular weight excluding hydrogens is 324 g/mol. The van der Waals surface area contributed by atoms with Crippen LogP contribution in [0.5, 0.6) is 0 Å². The third kappa shape index (κ3) is 2.93. The summed E-state index contributed by atoms with van der Waals surface area (Å²) >= 11 is 0. The van der Waals surface area contributed by atoms with Gasteiger partial charge in [0.1, 0.15) is 5.60 Å². The molecule has 2 unspecified atom stereocenters. The number of aryl methyl sites for hydroxylation is 1. The van der Waals surface area contributed by atoms with E-state index in [4.69, 9.17) is 0 Å². The van der Waals surface area contributed by atoms with Crippen molar-refractivity contribution in [3.05, 3.63) is 77.2 Å². The minimum Gasteiger partial charge on any atom is -0.384 e. The molecule has 134 valence electrons. The molecule has 0 saturated heterocycles. The Morgan fingerprint density at radius 1 is 1.23 bits per heavy atom. The lowest BCUT2D eigenvalue weighted by molar-refractivity contribution is 0.0363. The summed E-state index contributed by atoms with van der Waals surface area (Å²) in [4.78, 5) is 4.37. The Bertz CT molecular complexity index is 905. The van der Waals surface area contributed by atoms with Gasteiger partial charge in [0.05, 0.1) is 6.20 Å². The van der Waals surface area contributed by atoms with E-state index < -0.39 is 5.60 Å². The Hall–Kier alpha value is -2.50. The molecule has 2 N–H and O–H groups in total. The fraction of sp³-hybridized carbons (Fsp3) is 0.333. The van der Waals surface area contributed by atoms with Crippen molar-refractivity contribution in [2.24, 2.45) is 0 Å². The summed E-state index contributed by atoms with van der Waals surface area (Å²) in [6.07, 6.45) is 5.34. The topological polar surface area (TPSA) is 63.0 Å². The lowest BCUT2D eigenvalue weighted by Crippen LogP contribution is -2.37. The molecule has 2 heterocycles. The van der Waals surface area contributed by atoms with Crippen LogP contribution in [0.25, 0.3) is 5.82 Å². The van der Waals surface area contributed by atoms with Crippen molar-refractivity contribution in [3.8, 4) is 5.82 Å². The summed E-state index contributed by atoms with van der Waals surface area (Å²) in [5.41, 5.74) is 3.69. The van der Waals surface area contributed by atoms with Crippen LogP contribution in [0.15, 0.2) is 54.9 Å². The molecule has 1 aliphatic carbocycles. The van der Waals surface area contributed by atoms with Gasteiger partial charge in [-0.15, -0.1) is 0 Å². The van der Waals surface area contributed by atoms with Crippen LogP contribution < -0.4 is 5.32 Å². The van der Waals surface area contributed by atoms with Gasteiger partial charge < -0.3 is 10.4 Å². The molecule has 0 spiro atoms. The van der Waals surface area contributed by atoms with E-state index in [0.29, 0.717) is 6.54 Å². The highest BCUT2D eigenvalue weighted by atomic mass is 16.3. The molecule has 0 aliphatic heterocycles. The minimum absolute atomic E-state index is 0.0873. The molecule has 5 heteroatoms. The minimum atomic E-state index is -0.796. The number of aliphatic hydroxyl groups is 1.